The molecule has 2 aromatic rings. The third kappa shape index (κ3) is 3.01. The normalized spacial score (nSPS) is 12.9. The van der Waals surface area contributed by atoms with E-state index in [4.69, 9.17) is 5.73 Å². The van der Waals surface area contributed by atoms with Crippen molar-refractivity contribution in [2.24, 2.45) is 11.7 Å². The summed E-state index contributed by atoms with van der Waals surface area (Å²) in [6.45, 7) is 5.12. The van der Waals surface area contributed by atoms with Gasteiger partial charge in [0.25, 0.3) is 0 Å². The van der Waals surface area contributed by atoms with Gasteiger partial charge in [-0.2, -0.15) is 0 Å². The predicted octanol–water partition coefficient (Wildman–Crippen LogP) is 3.76. The molecule has 0 unspecified atom stereocenters. The van der Waals surface area contributed by atoms with Crippen molar-refractivity contribution in [1.82, 2.24) is 0 Å². The molecular weight excluding hydrogens is 249 g/mol. The Hall–Kier alpha value is -1.26. The summed E-state index contributed by atoms with van der Waals surface area (Å²) in [7, 11) is 0. The summed E-state index contributed by atoms with van der Waals surface area (Å²) in [5, 5.41) is 0. The van der Waals surface area contributed by atoms with Crippen LogP contribution in [0.15, 0.2) is 48.0 Å². The van der Waals surface area contributed by atoms with Crippen molar-refractivity contribution < 1.29 is 0 Å². The van der Waals surface area contributed by atoms with Crippen LogP contribution in [0.1, 0.15) is 30.5 Å². The van der Waals surface area contributed by atoms with Crippen LogP contribution in [0.4, 0.5) is 0 Å². The molecule has 2 heteroatoms. The van der Waals surface area contributed by atoms with Crippen molar-refractivity contribution in [3.05, 3.63) is 64.7 Å². The Labute approximate surface area is 139 Å². The summed E-state index contributed by atoms with van der Waals surface area (Å²) in [5.41, 5.74) is 14.1. The molecule has 1 nitrogen and oxygen atoms in total. The zero-order chi connectivity index (χ0) is 14.1. The van der Waals surface area contributed by atoms with Gasteiger partial charge in [-0.1, -0.05) is 68.0 Å². The second kappa shape index (κ2) is 6.67. The molecule has 0 bridgehead atoms. The number of hydrogen-bond acceptors (Lipinski definition) is 1. The number of rotatable bonds is 3. The van der Waals surface area contributed by atoms with Gasteiger partial charge in [-0.25, -0.2) is 0 Å². The molecule has 2 N–H and O–H groups in total. The quantitative estimate of drug-likeness (QED) is 0.845. The zero-order valence-corrected chi connectivity index (χ0v) is 12.2. The second-order valence-electron chi connectivity index (χ2n) is 5.79. The average molecular weight is 271 g/mol. The fourth-order valence-electron chi connectivity index (χ4n) is 2.96. The maximum absolute atomic E-state index is 5.89. The molecule has 3 rings (SSSR count). The Morgan fingerprint density at radius 3 is 2.43 bits per heavy atom. The molecule has 0 amide bonds. The molecule has 1 aliphatic carbocycles. The van der Waals surface area contributed by atoms with E-state index in [1.165, 1.54) is 33.4 Å². The number of fused-ring (bicyclic) bond motifs is 1. The standard InChI is InChI=1S/C19H21N.Li.H/c1-13(2)16-10-14-7-5-9-18(19(14)11-16)17-8-4-3-6-15(17)12-20;;/h3-9,11,13H,10,12,20H2,1-2H3;;. The summed E-state index contributed by atoms with van der Waals surface area (Å²) in [5.74, 6) is 0.611. The van der Waals surface area contributed by atoms with Crippen LogP contribution in [-0.2, 0) is 13.0 Å². The van der Waals surface area contributed by atoms with Gasteiger partial charge < -0.3 is 5.73 Å². The molecule has 0 aliphatic heterocycles. The predicted molar refractivity (Wildman–Crippen MR) is 93.4 cm³/mol. The van der Waals surface area contributed by atoms with E-state index in [1.807, 2.05) is 0 Å². The molecule has 21 heavy (non-hydrogen) atoms. The van der Waals surface area contributed by atoms with E-state index in [0.717, 1.165) is 6.42 Å². The molecule has 0 radical (unpaired) electrons. The van der Waals surface area contributed by atoms with Gasteiger partial charge in [0.15, 0.2) is 0 Å². The molecule has 104 valence electrons. The molecule has 0 heterocycles. The fraction of sp³-hybridized carbons (Fsp3) is 0.263. The van der Waals surface area contributed by atoms with Gasteiger partial charge in [-0.3, -0.25) is 0 Å². The first-order valence-electron chi connectivity index (χ1n) is 7.31. The summed E-state index contributed by atoms with van der Waals surface area (Å²) < 4.78 is 0. The van der Waals surface area contributed by atoms with E-state index < -0.39 is 0 Å². The fourth-order valence-corrected chi connectivity index (χ4v) is 2.96. The van der Waals surface area contributed by atoms with E-state index in [9.17, 15) is 0 Å². The zero-order valence-electron chi connectivity index (χ0n) is 12.2. The number of hydrogen-bond donors (Lipinski definition) is 1. The number of benzene rings is 2. The van der Waals surface area contributed by atoms with Crippen LogP contribution in [0.25, 0.3) is 17.2 Å². The number of nitrogens with two attached hydrogens (primary N) is 1. The third-order valence-corrected chi connectivity index (χ3v) is 4.19. The molecule has 1 aliphatic rings. The Morgan fingerprint density at radius 1 is 1.00 bits per heavy atom. The van der Waals surface area contributed by atoms with E-state index in [0.29, 0.717) is 12.5 Å². The van der Waals surface area contributed by atoms with Crippen molar-refractivity contribution in [2.45, 2.75) is 26.8 Å². The minimum absolute atomic E-state index is 0. The number of allylic oxidation sites excluding steroid dienone is 1. The van der Waals surface area contributed by atoms with Crippen molar-refractivity contribution in [1.29, 1.82) is 0 Å². The van der Waals surface area contributed by atoms with Crippen LogP contribution in [0, 0.1) is 5.92 Å². The van der Waals surface area contributed by atoms with Crippen molar-refractivity contribution in [3.8, 4) is 11.1 Å². The van der Waals surface area contributed by atoms with Gasteiger partial charge in [0.05, 0.1) is 0 Å². The van der Waals surface area contributed by atoms with Gasteiger partial charge in [-0.15, -0.1) is 0 Å². The van der Waals surface area contributed by atoms with Crippen LogP contribution < -0.4 is 5.73 Å². The van der Waals surface area contributed by atoms with Crippen molar-refractivity contribution in [3.63, 3.8) is 0 Å². The maximum atomic E-state index is 5.89. The second-order valence-corrected chi connectivity index (χ2v) is 5.79. The summed E-state index contributed by atoms with van der Waals surface area (Å²) in [4.78, 5) is 0. The van der Waals surface area contributed by atoms with E-state index in [1.54, 1.807) is 0 Å². The SMILES string of the molecule is CC(C)C1=Cc2c(cccc2-c2ccccc2CN)C1.[LiH]. The first-order chi connectivity index (χ1) is 9.70. The van der Waals surface area contributed by atoms with Gasteiger partial charge in [-0.05, 0) is 40.2 Å². The monoisotopic (exact) mass is 271 g/mol. The van der Waals surface area contributed by atoms with E-state index in [-0.39, 0.29) is 18.9 Å². The minimum atomic E-state index is 0. The summed E-state index contributed by atoms with van der Waals surface area (Å²) >= 11 is 0. The first-order valence-corrected chi connectivity index (χ1v) is 7.31. The molecular formula is C19H22LiN. The Bertz CT molecular complexity index is 671. The summed E-state index contributed by atoms with van der Waals surface area (Å²) in [6, 6.07) is 15.1. The first kappa shape index (κ1) is 16.1. The Kier molecular flexibility index (Phi) is 5.12. The van der Waals surface area contributed by atoms with Crippen molar-refractivity contribution in [2.75, 3.05) is 0 Å². The molecule has 0 aromatic heterocycles. The third-order valence-electron chi connectivity index (χ3n) is 4.19. The molecule has 0 spiro atoms. The van der Waals surface area contributed by atoms with Gasteiger partial charge in [0.1, 0.15) is 0 Å². The molecule has 0 saturated carbocycles. The van der Waals surface area contributed by atoms with E-state index >= 15 is 0 Å². The van der Waals surface area contributed by atoms with Crippen LogP contribution in [0.3, 0.4) is 0 Å². The van der Waals surface area contributed by atoms with Crippen LogP contribution in [0.5, 0.6) is 0 Å². The molecule has 2 aromatic carbocycles. The average Bonchev–Trinajstić information content (AvgIpc) is 2.91. The van der Waals surface area contributed by atoms with Crippen LogP contribution in [0.2, 0.25) is 0 Å². The van der Waals surface area contributed by atoms with Gasteiger partial charge in [0, 0.05) is 6.54 Å². The Morgan fingerprint density at radius 2 is 1.71 bits per heavy atom. The van der Waals surface area contributed by atoms with Crippen LogP contribution >= 0.6 is 0 Å². The Balaban J connectivity index is 0.00000161. The molecule has 0 atom stereocenters. The van der Waals surface area contributed by atoms with Gasteiger partial charge in [0.2, 0.25) is 0 Å². The topological polar surface area (TPSA) is 26.0 Å². The van der Waals surface area contributed by atoms with Crippen molar-refractivity contribution >= 4 is 24.9 Å². The van der Waals surface area contributed by atoms with Gasteiger partial charge >= 0.3 is 18.9 Å². The van der Waals surface area contributed by atoms with Crippen LogP contribution in [-0.4, -0.2) is 18.9 Å². The van der Waals surface area contributed by atoms with E-state index in [2.05, 4.69) is 62.4 Å². The summed E-state index contributed by atoms with van der Waals surface area (Å²) in [6.07, 6.45) is 3.47. The molecule has 0 fully saturated rings. The molecule has 0 saturated heterocycles.